The van der Waals surface area contributed by atoms with Crippen LogP contribution in [0.1, 0.15) is 48.6 Å². The largest absolute Gasteiger partial charge is 0.459 e. The van der Waals surface area contributed by atoms with Crippen molar-refractivity contribution >= 4 is 10.0 Å². The molecule has 0 spiro atoms. The zero-order valence-electron chi connectivity index (χ0n) is 16.1. The summed E-state index contributed by atoms with van der Waals surface area (Å²) in [5, 5.41) is 8.19. The first-order chi connectivity index (χ1) is 14.1. The first-order valence-electron chi connectivity index (χ1n) is 10.1. The van der Waals surface area contributed by atoms with Crippen molar-refractivity contribution < 1.29 is 17.3 Å². The fourth-order valence-corrected chi connectivity index (χ4v) is 5.78. The molecule has 7 nitrogen and oxygen atoms in total. The second kappa shape index (κ2) is 7.42. The fraction of sp³-hybridized carbons (Fsp3) is 0.429. The fourth-order valence-electron chi connectivity index (χ4n) is 4.26. The van der Waals surface area contributed by atoms with Gasteiger partial charge in [-0.05, 0) is 73.9 Å². The SMILES string of the molecule is O=S(=O)(c1ccc2c(c1)CCCC2)N1CCC(c2nnc(-c3ccco3)o2)CC1. The van der Waals surface area contributed by atoms with E-state index in [4.69, 9.17) is 8.83 Å². The van der Waals surface area contributed by atoms with Crippen LogP contribution in [0.2, 0.25) is 0 Å². The third kappa shape index (κ3) is 3.51. The third-order valence-electron chi connectivity index (χ3n) is 5.93. The quantitative estimate of drug-likeness (QED) is 0.647. The van der Waals surface area contributed by atoms with Crippen molar-refractivity contribution in [2.45, 2.75) is 49.3 Å². The van der Waals surface area contributed by atoms with Crippen molar-refractivity contribution in [3.8, 4) is 11.7 Å². The molecule has 0 unspecified atom stereocenters. The molecule has 29 heavy (non-hydrogen) atoms. The lowest BCUT2D eigenvalue weighted by molar-refractivity contribution is 0.290. The van der Waals surface area contributed by atoms with Gasteiger partial charge in [0.15, 0.2) is 5.76 Å². The molecule has 2 aromatic heterocycles. The predicted octanol–water partition coefficient (Wildman–Crippen LogP) is 3.78. The number of sulfonamides is 1. The number of fused-ring (bicyclic) bond motifs is 1. The maximum atomic E-state index is 13.1. The average molecular weight is 413 g/mol. The molecule has 0 N–H and O–H groups in total. The number of benzene rings is 1. The molecule has 1 saturated heterocycles. The molecule has 5 rings (SSSR count). The first-order valence-corrected chi connectivity index (χ1v) is 11.5. The van der Waals surface area contributed by atoms with Gasteiger partial charge in [0.25, 0.3) is 5.89 Å². The van der Waals surface area contributed by atoms with Gasteiger partial charge < -0.3 is 8.83 Å². The molecular weight excluding hydrogens is 390 g/mol. The van der Waals surface area contributed by atoms with Crippen molar-refractivity contribution in [3.05, 3.63) is 53.6 Å². The van der Waals surface area contributed by atoms with Crippen molar-refractivity contribution in [2.75, 3.05) is 13.1 Å². The van der Waals surface area contributed by atoms with Crippen LogP contribution in [0.3, 0.4) is 0 Å². The van der Waals surface area contributed by atoms with Crippen molar-refractivity contribution in [3.63, 3.8) is 0 Å². The van der Waals surface area contributed by atoms with Gasteiger partial charge in [-0.1, -0.05) is 6.07 Å². The lowest BCUT2D eigenvalue weighted by Gasteiger charge is -2.30. The Morgan fingerprint density at radius 3 is 2.55 bits per heavy atom. The van der Waals surface area contributed by atoms with E-state index in [0.717, 1.165) is 19.3 Å². The topological polar surface area (TPSA) is 89.4 Å². The molecule has 0 atom stereocenters. The Bertz CT molecular complexity index is 1100. The Hall–Kier alpha value is -2.45. The van der Waals surface area contributed by atoms with Crippen LogP contribution in [-0.2, 0) is 22.9 Å². The number of furan rings is 1. The van der Waals surface area contributed by atoms with Crippen molar-refractivity contribution in [1.82, 2.24) is 14.5 Å². The summed E-state index contributed by atoms with van der Waals surface area (Å²) in [7, 11) is -3.48. The van der Waals surface area contributed by atoms with E-state index < -0.39 is 10.0 Å². The van der Waals surface area contributed by atoms with Crippen LogP contribution in [0.15, 0.2) is 50.3 Å². The molecule has 3 aromatic rings. The Labute approximate surface area is 169 Å². The number of hydrogen-bond acceptors (Lipinski definition) is 6. The summed E-state index contributed by atoms with van der Waals surface area (Å²) in [6.07, 6.45) is 7.20. The van der Waals surface area contributed by atoms with E-state index in [9.17, 15) is 8.42 Å². The predicted molar refractivity (Wildman–Crippen MR) is 106 cm³/mol. The molecule has 0 amide bonds. The normalized spacial score (nSPS) is 18.6. The molecular formula is C21H23N3O4S. The standard InChI is InChI=1S/C21H23N3O4S/c25-29(26,18-8-7-15-4-1-2-5-17(15)14-18)24-11-9-16(10-12-24)20-22-23-21(28-20)19-6-3-13-27-19/h3,6-8,13-14,16H,1-2,4-5,9-12H2. The Morgan fingerprint density at radius 1 is 1.00 bits per heavy atom. The lowest BCUT2D eigenvalue weighted by atomic mass is 9.92. The Kier molecular flexibility index (Phi) is 4.75. The van der Waals surface area contributed by atoms with Gasteiger partial charge in [0.1, 0.15) is 0 Å². The second-order valence-electron chi connectivity index (χ2n) is 7.74. The summed E-state index contributed by atoms with van der Waals surface area (Å²) in [5.74, 6) is 1.49. The Balaban J connectivity index is 1.29. The van der Waals surface area contributed by atoms with Crippen LogP contribution in [0, 0.1) is 0 Å². The lowest BCUT2D eigenvalue weighted by Crippen LogP contribution is -2.38. The van der Waals surface area contributed by atoms with E-state index >= 15 is 0 Å². The molecule has 1 aliphatic heterocycles. The maximum Gasteiger partial charge on any atom is 0.283 e. The highest BCUT2D eigenvalue weighted by Crippen LogP contribution is 2.32. The van der Waals surface area contributed by atoms with Gasteiger partial charge in [-0.2, -0.15) is 4.31 Å². The van der Waals surface area contributed by atoms with E-state index in [1.807, 2.05) is 12.1 Å². The monoisotopic (exact) mass is 413 g/mol. The van der Waals surface area contributed by atoms with Crippen LogP contribution in [0.25, 0.3) is 11.7 Å². The second-order valence-corrected chi connectivity index (χ2v) is 9.68. The summed E-state index contributed by atoms with van der Waals surface area (Å²) >= 11 is 0. The molecule has 1 aliphatic carbocycles. The average Bonchev–Trinajstić information content (AvgIpc) is 3.45. The van der Waals surface area contributed by atoms with E-state index in [1.165, 1.54) is 17.5 Å². The maximum absolute atomic E-state index is 13.1. The summed E-state index contributed by atoms with van der Waals surface area (Å²) in [6, 6.07) is 9.17. The summed E-state index contributed by atoms with van der Waals surface area (Å²) < 4.78 is 38.9. The molecule has 8 heteroatoms. The summed E-state index contributed by atoms with van der Waals surface area (Å²) in [4.78, 5) is 0.412. The van der Waals surface area contributed by atoms with Crippen molar-refractivity contribution in [1.29, 1.82) is 0 Å². The van der Waals surface area contributed by atoms with Gasteiger partial charge in [-0.3, -0.25) is 0 Å². The van der Waals surface area contributed by atoms with Crippen LogP contribution in [0.5, 0.6) is 0 Å². The molecule has 1 aromatic carbocycles. The van der Waals surface area contributed by atoms with E-state index in [2.05, 4.69) is 10.2 Å². The molecule has 0 saturated carbocycles. The Morgan fingerprint density at radius 2 is 1.79 bits per heavy atom. The van der Waals surface area contributed by atoms with Gasteiger partial charge in [-0.25, -0.2) is 8.42 Å². The van der Waals surface area contributed by atoms with E-state index in [1.54, 1.807) is 28.8 Å². The van der Waals surface area contributed by atoms with Gasteiger partial charge in [-0.15, -0.1) is 10.2 Å². The summed E-state index contributed by atoms with van der Waals surface area (Å²) in [5.41, 5.74) is 2.47. The summed E-state index contributed by atoms with van der Waals surface area (Å²) in [6.45, 7) is 0.894. The zero-order valence-corrected chi connectivity index (χ0v) is 16.9. The molecule has 1 fully saturated rings. The molecule has 0 radical (unpaired) electrons. The van der Waals surface area contributed by atoms with Crippen LogP contribution in [-0.4, -0.2) is 36.0 Å². The van der Waals surface area contributed by atoms with E-state index in [-0.39, 0.29) is 5.92 Å². The van der Waals surface area contributed by atoms with Gasteiger partial charge >= 0.3 is 0 Å². The highest BCUT2D eigenvalue weighted by Gasteiger charge is 2.32. The van der Waals surface area contributed by atoms with Gasteiger partial charge in [0.05, 0.1) is 11.2 Å². The molecule has 0 bridgehead atoms. The highest BCUT2D eigenvalue weighted by atomic mass is 32.2. The van der Waals surface area contributed by atoms with Crippen molar-refractivity contribution in [2.24, 2.45) is 0 Å². The third-order valence-corrected chi connectivity index (χ3v) is 7.83. The number of aromatic nitrogens is 2. The smallest absolute Gasteiger partial charge is 0.283 e. The highest BCUT2D eigenvalue weighted by molar-refractivity contribution is 7.89. The van der Waals surface area contributed by atoms with Gasteiger partial charge in [0.2, 0.25) is 15.9 Å². The van der Waals surface area contributed by atoms with Crippen LogP contribution in [0.4, 0.5) is 0 Å². The minimum absolute atomic E-state index is 0.0567. The molecule has 2 aliphatic rings. The number of rotatable bonds is 4. The number of piperidine rings is 1. The van der Waals surface area contributed by atoms with E-state index in [0.29, 0.717) is 48.4 Å². The van der Waals surface area contributed by atoms with Crippen LogP contribution < -0.4 is 0 Å². The van der Waals surface area contributed by atoms with Gasteiger partial charge in [0, 0.05) is 19.0 Å². The minimum atomic E-state index is -3.48. The number of nitrogens with zero attached hydrogens (tertiary/aromatic N) is 3. The molecule has 152 valence electrons. The zero-order chi connectivity index (χ0) is 19.8. The molecule has 3 heterocycles. The minimum Gasteiger partial charge on any atom is -0.459 e. The van der Waals surface area contributed by atoms with Crippen LogP contribution >= 0.6 is 0 Å². The first kappa shape index (κ1) is 18.6. The number of aryl methyl sites for hydroxylation is 2. The number of hydrogen-bond donors (Lipinski definition) is 0.